The summed E-state index contributed by atoms with van der Waals surface area (Å²) in [7, 11) is -0.643. The number of carbonyl (C=O) groups is 1. The molecule has 0 aliphatic carbocycles. The van der Waals surface area contributed by atoms with Gasteiger partial charge in [0.25, 0.3) is 0 Å². The van der Waals surface area contributed by atoms with E-state index in [1.165, 1.54) is 32.3 Å². The number of primary amides is 1. The van der Waals surface area contributed by atoms with Crippen molar-refractivity contribution in [2.75, 3.05) is 31.7 Å². The molecule has 0 aliphatic heterocycles. The van der Waals surface area contributed by atoms with Gasteiger partial charge < -0.3 is 16.8 Å². The summed E-state index contributed by atoms with van der Waals surface area (Å²) >= 11 is 0. The molecule has 0 aromatic heterocycles. The summed E-state index contributed by atoms with van der Waals surface area (Å²) < 4.78 is 24.8. The molecule has 7 nitrogen and oxygen atoms in total. The highest BCUT2D eigenvalue weighted by Crippen LogP contribution is 2.23. The second kappa shape index (κ2) is 5.23. The predicted octanol–water partition coefficient (Wildman–Crippen LogP) is -0.584. The van der Waals surface area contributed by atoms with E-state index in [-0.39, 0.29) is 17.1 Å². The van der Waals surface area contributed by atoms with E-state index in [2.05, 4.69) is 5.32 Å². The van der Waals surface area contributed by atoms with Crippen LogP contribution in [0.3, 0.4) is 0 Å². The van der Waals surface area contributed by atoms with Crippen LogP contribution in [0, 0.1) is 0 Å². The highest BCUT2D eigenvalue weighted by Gasteiger charge is 2.18. The first kappa shape index (κ1) is 14.3. The minimum absolute atomic E-state index is 0.0655. The Kier molecular flexibility index (Phi) is 4.15. The molecule has 0 bridgehead atoms. The molecule has 0 radical (unpaired) electrons. The molecular formula is C10H16N4O3S. The summed E-state index contributed by atoms with van der Waals surface area (Å²) in [6, 6.07) is 4.24. The van der Waals surface area contributed by atoms with Crippen molar-refractivity contribution in [2.45, 2.75) is 4.90 Å². The number of nitrogen functional groups attached to an aromatic ring is 1. The average Bonchev–Trinajstić information content (AvgIpc) is 2.26. The number of carbonyl (C=O) groups excluding carboxylic acids is 1. The lowest BCUT2D eigenvalue weighted by molar-refractivity contribution is -0.116. The van der Waals surface area contributed by atoms with E-state index in [0.717, 1.165) is 4.31 Å². The van der Waals surface area contributed by atoms with Crippen LogP contribution in [0.2, 0.25) is 0 Å². The zero-order chi connectivity index (χ0) is 13.9. The van der Waals surface area contributed by atoms with E-state index in [9.17, 15) is 13.2 Å². The first-order valence-corrected chi connectivity index (χ1v) is 6.53. The van der Waals surface area contributed by atoms with Crippen LogP contribution in [-0.4, -0.2) is 39.3 Å². The highest BCUT2D eigenvalue weighted by atomic mass is 32.2. The largest absolute Gasteiger partial charge is 0.397 e. The molecule has 0 saturated carbocycles. The molecule has 0 atom stereocenters. The predicted molar refractivity (Wildman–Crippen MR) is 69.4 cm³/mol. The molecule has 0 saturated heterocycles. The minimum atomic E-state index is -3.51. The topological polar surface area (TPSA) is 119 Å². The Balaban J connectivity index is 3.03. The number of benzene rings is 1. The van der Waals surface area contributed by atoms with Crippen LogP contribution < -0.4 is 16.8 Å². The molecule has 0 aliphatic rings. The number of amides is 1. The number of nitrogens with two attached hydrogens (primary N) is 2. The molecule has 0 spiro atoms. The number of nitrogens with zero attached hydrogens (tertiary/aromatic N) is 1. The van der Waals surface area contributed by atoms with E-state index in [4.69, 9.17) is 11.5 Å². The maximum Gasteiger partial charge on any atom is 0.242 e. The van der Waals surface area contributed by atoms with Crippen LogP contribution in [0.1, 0.15) is 0 Å². The van der Waals surface area contributed by atoms with Gasteiger partial charge in [0.1, 0.15) is 0 Å². The van der Waals surface area contributed by atoms with Crippen LogP contribution in [0.5, 0.6) is 0 Å². The third kappa shape index (κ3) is 3.11. The minimum Gasteiger partial charge on any atom is -0.397 e. The SMILES string of the molecule is CN(C)S(=O)(=O)c1ccc(NCC(N)=O)c(N)c1. The fraction of sp³-hybridized carbons (Fsp3) is 0.300. The third-order valence-corrected chi connectivity index (χ3v) is 4.07. The Morgan fingerprint density at radius 1 is 1.39 bits per heavy atom. The third-order valence-electron chi connectivity index (χ3n) is 2.25. The molecule has 100 valence electrons. The van der Waals surface area contributed by atoms with Gasteiger partial charge >= 0.3 is 0 Å². The lowest BCUT2D eigenvalue weighted by Crippen LogP contribution is -2.23. The number of sulfonamides is 1. The van der Waals surface area contributed by atoms with Gasteiger partial charge in [0.2, 0.25) is 15.9 Å². The van der Waals surface area contributed by atoms with Gasteiger partial charge in [-0.25, -0.2) is 12.7 Å². The van der Waals surface area contributed by atoms with Gasteiger partial charge in [0.15, 0.2) is 0 Å². The lowest BCUT2D eigenvalue weighted by atomic mass is 10.2. The molecule has 8 heteroatoms. The summed E-state index contributed by atoms with van der Waals surface area (Å²) in [5.41, 5.74) is 11.4. The van der Waals surface area contributed by atoms with Crippen molar-refractivity contribution in [2.24, 2.45) is 5.73 Å². The Morgan fingerprint density at radius 2 is 2.00 bits per heavy atom. The fourth-order valence-corrected chi connectivity index (χ4v) is 2.19. The van der Waals surface area contributed by atoms with Crippen molar-refractivity contribution in [3.63, 3.8) is 0 Å². The molecular weight excluding hydrogens is 256 g/mol. The van der Waals surface area contributed by atoms with Gasteiger partial charge in [-0.05, 0) is 18.2 Å². The molecule has 0 fully saturated rings. The molecule has 1 amide bonds. The van der Waals surface area contributed by atoms with Crippen LogP contribution in [-0.2, 0) is 14.8 Å². The molecule has 5 N–H and O–H groups in total. The first-order valence-electron chi connectivity index (χ1n) is 5.09. The molecule has 0 heterocycles. The number of nitrogens with one attached hydrogen (secondary N) is 1. The second-order valence-electron chi connectivity index (χ2n) is 3.86. The van der Waals surface area contributed by atoms with Gasteiger partial charge in [-0.15, -0.1) is 0 Å². The Hall–Kier alpha value is -1.80. The van der Waals surface area contributed by atoms with Crippen molar-refractivity contribution in [1.29, 1.82) is 0 Å². The van der Waals surface area contributed by atoms with Crippen molar-refractivity contribution < 1.29 is 13.2 Å². The fourth-order valence-electron chi connectivity index (χ4n) is 1.26. The standard InChI is InChI=1S/C10H16N4O3S/c1-14(2)18(16,17)7-3-4-9(8(11)5-7)13-6-10(12)15/h3-5,13H,6,11H2,1-2H3,(H2,12,15). The summed E-state index contributed by atoms with van der Waals surface area (Å²) in [4.78, 5) is 10.7. The molecule has 1 aromatic rings. The quantitative estimate of drug-likeness (QED) is 0.619. The van der Waals surface area contributed by atoms with Gasteiger partial charge in [0, 0.05) is 14.1 Å². The smallest absolute Gasteiger partial charge is 0.242 e. The van der Waals surface area contributed by atoms with Gasteiger partial charge in [0.05, 0.1) is 22.8 Å². The Morgan fingerprint density at radius 3 is 2.44 bits per heavy atom. The summed E-state index contributed by atoms with van der Waals surface area (Å²) in [5, 5.41) is 2.71. The van der Waals surface area contributed by atoms with Crippen molar-refractivity contribution in [3.05, 3.63) is 18.2 Å². The maximum absolute atomic E-state index is 11.8. The molecule has 1 rings (SSSR count). The van der Waals surface area contributed by atoms with E-state index in [1.54, 1.807) is 0 Å². The summed E-state index contributed by atoms with van der Waals surface area (Å²) in [5.74, 6) is -0.528. The summed E-state index contributed by atoms with van der Waals surface area (Å²) in [6.45, 7) is -0.0655. The van der Waals surface area contributed by atoms with Gasteiger partial charge in [-0.3, -0.25) is 4.79 Å². The van der Waals surface area contributed by atoms with Crippen LogP contribution >= 0.6 is 0 Å². The van der Waals surface area contributed by atoms with Gasteiger partial charge in [-0.1, -0.05) is 0 Å². The van der Waals surface area contributed by atoms with Gasteiger partial charge in [-0.2, -0.15) is 0 Å². The molecule has 0 unspecified atom stereocenters. The molecule has 18 heavy (non-hydrogen) atoms. The Bertz CT molecular complexity index is 554. The van der Waals surface area contributed by atoms with E-state index in [0.29, 0.717) is 5.69 Å². The maximum atomic E-state index is 11.8. The number of hydrogen-bond donors (Lipinski definition) is 3. The number of hydrogen-bond acceptors (Lipinski definition) is 5. The van der Waals surface area contributed by atoms with Crippen LogP contribution in [0.4, 0.5) is 11.4 Å². The zero-order valence-electron chi connectivity index (χ0n) is 10.2. The normalized spacial score (nSPS) is 11.5. The van der Waals surface area contributed by atoms with E-state index >= 15 is 0 Å². The van der Waals surface area contributed by atoms with Crippen LogP contribution in [0.25, 0.3) is 0 Å². The number of rotatable bonds is 5. The second-order valence-corrected chi connectivity index (χ2v) is 6.01. The molecule has 1 aromatic carbocycles. The average molecular weight is 272 g/mol. The van der Waals surface area contributed by atoms with Crippen molar-refractivity contribution in [1.82, 2.24) is 4.31 Å². The van der Waals surface area contributed by atoms with E-state index < -0.39 is 15.9 Å². The zero-order valence-corrected chi connectivity index (χ0v) is 11.0. The monoisotopic (exact) mass is 272 g/mol. The first-order chi connectivity index (χ1) is 8.25. The lowest BCUT2D eigenvalue weighted by Gasteiger charge is -2.13. The Labute approximate surface area is 106 Å². The number of anilines is 2. The van der Waals surface area contributed by atoms with Crippen molar-refractivity contribution >= 4 is 27.3 Å². The van der Waals surface area contributed by atoms with Crippen molar-refractivity contribution in [3.8, 4) is 0 Å². The highest BCUT2D eigenvalue weighted by molar-refractivity contribution is 7.89. The van der Waals surface area contributed by atoms with Crippen LogP contribution in [0.15, 0.2) is 23.1 Å². The van der Waals surface area contributed by atoms with E-state index in [1.807, 2.05) is 0 Å². The summed E-state index contributed by atoms with van der Waals surface area (Å²) in [6.07, 6.45) is 0.